The van der Waals surface area contributed by atoms with Gasteiger partial charge in [-0.2, -0.15) is 20.2 Å². The van der Waals surface area contributed by atoms with E-state index in [1.54, 1.807) is 42.4 Å². The van der Waals surface area contributed by atoms with Gasteiger partial charge in [-0.25, -0.2) is 24.5 Å². The van der Waals surface area contributed by atoms with Crippen LogP contribution in [0.1, 0.15) is 149 Å². The van der Waals surface area contributed by atoms with Crippen LogP contribution in [0.25, 0.3) is 78.0 Å². The minimum absolute atomic E-state index is 0.0257. The van der Waals surface area contributed by atoms with Gasteiger partial charge in [-0.1, -0.05) is 25.4 Å². The van der Waals surface area contributed by atoms with Gasteiger partial charge in [0, 0.05) is 86.4 Å². The minimum atomic E-state index is -2.23. The summed E-state index contributed by atoms with van der Waals surface area (Å²) < 4.78 is 41.8. The van der Waals surface area contributed by atoms with Gasteiger partial charge in [0.25, 0.3) is 0 Å². The molecule has 2 fully saturated rings. The summed E-state index contributed by atoms with van der Waals surface area (Å²) in [7, 11) is 3.66. The van der Waals surface area contributed by atoms with Crippen molar-refractivity contribution in [1.82, 2.24) is 67.7 Å². The van der Waals surface area contributed by atoms with E-state index in [2.05, 4.69) is 95.7 Å². The second-order valence-electron chi connectivity index (χ2n) is 23.4. The third kappa shape index (κ3) is 13.0. The molecule has 0 aromatic carbocycles. The maximum Gasteiger partial charge on any atom is 0.349 e. The molecule has 22 heteroatoms. The maximum absolute atomic E-state index is 13.7. The predicted molar refractivity (Wildman–Crippen MR) is 342 cm³/mol. The van der Waals surface area contributed by atoms with Crippen LogP contribution >= 0.6 is 11.6 Å². The zero-order valence-electron chi connectivity index (χ0n) is 52.1. The molecular weight excluding hydrogens is 1210 g/mol. The molecule has 0 radical (unpaired) electrons. The molecule has 0 unspecified atom stereocenters. The van der Waals surface area contributed by atoms with Crippen LogP contribution in [0, 0.1) is 13.8 Å². The Morgan fingerprint density at radius 1 is 0.581 bits per heavy atom. The zero-order chi connectivity index (χ0) is 60.8. The first-order chi connectivity index (χ1) is 41.6. The fourth-order valence-corrected chi connectivity index (χ4v) is 28.2. The van der Waals surface area contributed by atoms with E-state index < -0.39 is 18.4 Å². The average Bonchev–Trinajstić information content (AvgIpc) is 1.78. The molecule has 12 heterocycles. The Morgan fingerprint density at radius 3 is 1.50 bits per heavy atom. The van der Waals surface area contributed by atoms with Crippen LogP contribution in [0.4, 0.5) is 0 Å². The monoisotopic (exact) mass is 1300 g/mol. The summed E-state index contributed by atoms with van der Waals surface area (Å²) in [6.45, 7) is 22.4. The van der Waals surface area contributed by atoms with Crippen LogP contribution in [0.2, 0.25) is 18.5 Å². The SMILES string of the molecule is CCC[CH2][Sn]([CH2]CCC)([CH2]CCC)[c]1cn(CC)cn1.CC[C@H]1C[C@@H](n2c(=O)nc(-c3cnn(C)c3)c3oc4c(C)nc(-c5cn(CC)cn5)cc4c32)CCO1.CC[C@H]1C[C@@H](n2c(=O)nc(-c3cnn(C)c3)c3oc4c(C)nc(Cl)cc4c32)CCO1. The smallest absolute Gasteiger partial charge is 0.349 e. The Bertz CT molecular complexity index is 4050. The van der Waals surface area contributed by atoms with E-state index in [9.17, 15) is 9.59 Å². The molecule has 2 saturated heterocycles. The van der Waals surface area contributed by atoms with E-state index in [4.69, 9.17) is 39.9 Å². The number of fused-ring (bicyclic) bond motifs is 6. The van der Waals surface area contributed by atoms with Gasteiger partial charge in [-0.15, -0.1) is 0 Å². The number of hydrogen-bond donors (Lipinski definition) is 0. The molecule has 0 aliphatic carbocycles. The van der Waals surface area contributed by atoms with Crippen LogP contribution in [-0.4, -0.2) is 112 Å². The Kier molecular flexibility index (Phi) is 20.1. The van der Waals surface area contributed by atoms with E-state index in [1.807, 2.05) is 61.7 Å². The van der Waals surface area contributed by atoms with Crippen molar-refractivity contribution in [2.75, 3.05) is 13.2 Å². The van der Waals surface area contributed by atoms with Crippen molar-refractivity contribution in [3.8, 4) is 33.9 Å². The minimum Gasteiger partial charge on any atom is -0.450 e. The van der Waals surface area contributed by atoms with Gasteiger partial charge in [-0.3, -0.25) is 18.5 Å². The fraction of sp³-hybridized carbons (Fsp3) is 0.531. The first-order valence-corrected chi connectivity index (χ1v) is 39.1. The maximum atomic E-state index is 13.7. The van der Waals surface area contributed by atoms with Gasteiger partial charge in [0.05, 0.1) is 48.0 Å². The van der Waals surface area contributed by atoms with Crippen molar-refractivity contribution in [2.24, 2.45) is 14.1 Å². The van der Waals surface area contributed by atoms with Crippen LogP contribution in [-0.2, 0) is 36.7 Å². The average molecular weight is 1300 g/mol. The van der Waals surface area contributed by atoms with E-state index in [1.165, 1.54) is 51.8 Å². The van der Waals surface area contributed by atoms with Gasteiger partial charge in [-0.05, 0) is 71.4 Å². The molecule has 0 bridgehead atoms. The normalized spacial score (nSPS) is 17.4. The van der Waals surface area contributed by atoms with Gasteiger partial charge in [0.1, 0.15) is 33.3 Å². The van der Waals surface area contributed by atoms with Gasteiger partial charge in [0.2, 0.25) is 0 Å². The summed E-state index contributed by atoms with van der Waals surface area (Å²) in [5, 5.41) is 10.5. The van der Waals surface area contributed by atoms with Crippen molar-refractivity contribution in [3.05, 3.63) is 99.5 Å². The number of unbranched alkanes of at least 4 members (excludes halogenated alkanes) is 3. The topological polar surface area (TPSA) is 212 Å². The number of hydrogen-bond acceptors (Lipinski definition) is 14. The Hall–Kier alpha value is -6.49. The summed E-state index contributed by atoms with van der Waals surface area (Å²) in [5.41, 5.74) is 8.57. The number of furan rings is 2. The number of aromatic nitrogens is 14. The van der Waals surface area contributed by atoms with E-state index >= 15 is 0 Å². The number of nitrogens with zero attached hydrogens (tertiary/aromatic N) is 14. The van der Waals surface area contributed by atoms with Crippen molar-refractivity contribution in [3.63, 3.8) is 0 Å². The van der Waals surface area contributed by atoms with E-state index in [-0.39, 0.29) is 35.7 Å². The molecule has 20 nitrogen and oxygen atoms in total. The number of rotatable bonds is 19. The zero-order valence-corrected chi connectivity index (χ0v) is 55.7. The summed E-state index contributed by atoms with van der Waals surface area (Å²) in [6.07, 6.45) is 28.6. The second-order valence-corrected chi connectivity index (χ2v) is 36.8. The quantitative estimate of drug-likeness (QED) is 0.0544. The van der Waals surface area contributed by atoms with Crippen LogP contribution in [0.5, 0.6) is 0 Å². The summed E-state index contributed by atoms with van der Waals surface area (Å²) in [6, 6.07) is 3.68. The molecule has 86 heavy (non-hydrogen) atoms. The molecular formula is C64H85ClN14O6Sn. The molecule has 0 N–H and O–H groups in total. The Labute approximate surface area is 511 Å². The Morgan fingerprint density at radius 2 is 1.06 bits per heavy atom. The third-order valence-corrected chi connectivity index (χ3v) is 32.7. The standard InChI is InChI=1S/C26H29N7O3.C21H22ClN5O3.C5H7N2.3C4H9.Sn/c1-5-18-9-17(7-8-35-18)33-23-19-10-20(21-13-32(6-2)14-27-21)29-15(3)24(19)36-25(23)22(30-26(33)34)16-11-28-31(4)12-16;1-4-14-7-13(5-6-29-14)27-18-15-8-16(22)24-11(2)19(15)30-20(18)17(25-21(27)28)12-9-23-26(3)10-12;1-2-7-4-3-6-5-7;3*1-3-4-2;/h10-14,17-18H,5-9H2,1-4H3;8-10,13-14H,4-7H2,1-3H3;4-5H,2H2,1H3;3*1,3-4H2,2H3;/t17-,18-;13-,14-;;;;;/m00...../s1. The van der Waals surface area contributed by atoms with Gasteiger partial charge < -0.3 is 22.9 Å². The predicted octanol–water partition coefficient (Wildman–Crippen LogP) is 13.2. The molecule has 10 aromatic heterocycles. The second kappa shape index (κ2) is 27.7. The molecule has 0 spiro atoms. The number of halogens is 1. The largest absolute Gasteiger partial charge is 0.450 e. The summed E-state index contributed by atoms with van der Waals surface area (Å²) in [5.74, 6) is 0. The molecule has 2 aliphatic rings. The van der Waals surface area contributed by atoms with Crippen molar-refractivity contribution in [2.45, 2.75) is 190 Å². The van der Waals surface area contributed by atoms with Crippen molar-refractivity contribution < 1.29 is 18.3 Å². The number of aryl methyl sites for hydroxylation is 6. The van der Waals surface area contributed by atoms with Gasteiger partial charge >= 0.3 is 142 Å². The third-order valence-electron chi connectivity index (χ3n) is 17.4. The van der Waals surface area contributed by atoms with Crippen molar-refractivity contribution in [1.29, 1.82) is 0 Å². The molecule has 0 amide bonds. The summed E-state index contributed by atoms with van der Waals surface area (Å²) >= 11 is 4.04. The van der Waals surface area contributed by atoms with Crippen LogP contribution in [0.3, 0.4) is 0 Å². The summed E-state index contributed by atoms with van der Waals surface area (Å²) in [4.78, 5) is 54.5. The number of pyridine rings is 2. The molecule has 0 saturated carbocycles. The van der Waals surface area contributed by atoms with E-state index in [0.717, 1.165) is 96.1 Å². The number of imidazole rings is 2. The Balaban J connectivity index is 0.000000149. The molecule has 12 rings (SSSR count). The first-order valence-electron chi connectivity index (χ1n) is 31.3. The first kappa shape index (κ1) is 62.6. The molecule has 458 valence electrons. The molecule has 4 atom stereocenters. The fourth-order valence-electron chi connectivity index (χ4n) is 12.7. The van der Waals surface area contributed by atoms with Crippen LogP contribution < -0.4 is 15.1 Å². The van der Waals surface area contributed by atoms with E-state index in [0.29, 0.717) is 63.3 Å². The number of ether oxygens (including phenoxy) is 2. The van der Waals surface area contributed by atoms with Crippen LogP contribution in [0.15, 0.2) is 80.4 Å². The van der Waals surface area contributed by atoms with Gasteiger partial charge in [0.15, 0.2) is 22.3 Å². The van der Waals surface area contributed by atoms with Crippen molar-refractivity contribution >= 4 is 77.8 Å². The molecule has 10 aromatic rings. The molecule has 2 aliphatic heterocycles.